The molecule has 2 aromatic rings. The molecule has 0 aliphatic carbocycles. The first kappa shape index (κ1) is 22.4. The third-order valence-electron chi connectivity index (χ3n) is 5.94. The van der Waals surface area contributed by atoms with Gasteiger partial charge in [0, 0.05) is 38.3 Å². The van der Waals surface area contributed by atoms with E-state index in [1.807, 2.05) is 23.9 Å². The Balaban J connectivity index is 1.57. The Morgan fingerprint density at radius 1 is 0.967 bits per heavy atom. The Bertz CT molecular complexity index is 944. The molecule has 162 valence electrons. The second-order valence-electron chi connectivity index (χ2n) is 7.92. The Morgan fingerprint density at radius 2 is 1.53 bits per heavy atom. The van der Waals surface area contributed by atoms with E-state index in [0.717, 1.165) is 18.4 Å². The normalized spacial score (nSPS) is 15.5. The van der Waals surface area contributed by atoms with Gasteiger partial charge in [-0.2, -0.15) is 8.87 Å². The van der Waals surface area contributed by atoms with Gasteiger partial charge in [-0.05, 0) is 43.4 Å². The second-order valence-corrected chi connectivity index (χ2v) is 9.85. The number of nitrogens with zero attached hydrogens (tertiary/aromatic N) is 3. The van der Waals surface area contributed by atoms with Gasteiger partial charge < -0.3 is 4.90 Å². The summed E-state index contributed by atoms with van der Waals surface area (Å²) in [5.41, 5.74) is 2.33. The summed E-state index contributed by atoms with van der Waals surface area (Å²) in [6.07, 6.45) is 6.14. The van der Waals surface area contributed by atoms with Gasteiger partial charge in [-0.1, -0.05) is 31.5 Å². The van der Waals surface area contributed by atoms with E-state index >= 15 is 0 Å². The van der Waals surface area contributed by atoms with E-state index in [0.29, 0.717) is 37.0 Å². The molecule has 0 spiro atoms. The van der Waals surface area contributed by atoms with E-state index in [2.05, 4.69) is 26.0 Å². The first-order valence-electron chi connectivity index (χ1n) is 10.7. The molecule has 0 radical (unpaired) electrons. The van der Waals surface area contributed by atoms with Crippen LogP contribution < -0.4 is 4.57 Å². The predicted molar refractivity (Wildman–Crippen MR) is 116 cm³/mol. The van der Waals surface area contributed by atoms with Gasteiger partial charge in [0.25, 0.3) is 5.91 Å². The fourth-order valence-electron chi connectivity index (χ4n) is 3.90. The average molecular weight is 431 g/mol. The number of carbonyl (C=O) groups excluding carboxylic acids is 1. The van der Waals surface area contributed by atoms with E-state index < -0.39 is 10.0 Å². The molecule has 1 aromatic carbocycles. The standard InChI is InChI=1S/C23H32N3O3S/c1-4-20(5-2)21-10-12-24(13-11-21)18-23(27)25-14-16-26(17-15-25)30(28,29)22-8-6-19(3)7-9-22/h6-13,20H,4-5,14-18H2,1-3H3/q+1. The molecule has 1 aliphatic rings. The van der Waals surface area contributed by atoms with Crippen LogP contribution in [0.1, 0.15) is 43.7 Å². The number of amides is 1. The van der Waals surface area contributed by atoms with Crippen LogP contribution in [0.25, 0.3) is 0 Å². The number of carbonyl (C=O) groups is 1. The first-order valence-corrected chi connectivity index (χ1v) is 12.1. The Morgan fingerprint density at radius 3 is 2.07 bits per heavy atom. The molecule has 2 heterocycles. The highest BCUT2D eigenvalue weighted by atomic mass is 32.2. The van der Waals surface area contributed by atoms with Crippen molar-refractivity contribution in [3.8, 4) is 0 Å². The summed E-state index contributed by atoms with van der Waals surface area (Å²) in [4.78, 5) is 14.8. The molecule has 1 fully saturated rings. The van der Waals surface area contributed by atoms with E-state index in [9.17, 15) is 13.2 Å². The molecule has 7 heteroatoms. The molecule has 0 unspecified atom stereocenters. The highest BCUT2D eigenvalue weighted by Gasteiger charge is 2.30. The summed E-state index contributed by atoms with van der Waals surface area (Å²) >= 11 is 0. The predicted octanol–water partition coefficient (Wildman–Crippen LogP) is 2.72. The van der Waals surface area contributed by atoms with Crippen molar-refractivity contribution in [2.24, 2.45) is 0 Å². The molecular formula is C23H32N3O3S+. The molecule has 0 saturated carbocycles. The zero-order chi connectivity index (χ0) is 21.7. The van der Waals surface area contributed by atoms with Crippen molar-refractivity contribution >= 4 is 15.9 Å². The minimum atomic E-state index is -3.51. The summed E-state index contributed by atoms with van der Waals surface area (Å²) in [6.45, 7) is 8.05. The maximum atomic E-state index is 12.8. The molecule has 0 atom stereocenters. The zero-order valence-corrected chi connectivity index (χ0v) is 18.9. The van der Waals surface area contributed by atoms with Gasteiger partial charge in [0.2, 0.25) is 16.6 Å². The third-order valence-corrected chi connectivity index (χ3v) is 7.85. The van der Waals surface area contributed by atoms with Crippen molar-refractivity contribution in [2.45, 2.75) is 51.0 Å². The van der Waals surface area contributed by atoms with Crippen LogP contribution in [-0.4, -0.2) is 49.7 Å². The Hall–Kier alpha value is -2.25. The van der Waals surface area contributed by atoms with Crippen molar-refractivity contribution in [2.75, 3.05) is 26.2 Å². The van der Waals surface area contributed by atoms with Crippen LogP contribution in [0.4, 0.5) is 0 Å². The number of sulfonamides is 1. The minimum Gasteiger partial charge on any atom is -0.335 e. The second kappa shape index (κ2) is 9.71. The average Bonchev–Trinajstić information content (AvgIpc) is 2.76. The number of pyridine rings is 1. The lowest BCUT2D eigenvalue weighted by atomic mass is 9.95. The van der Waals surface area contributed by atoms with Crippen LogP contribution in [0.3, 0.4) is 0 Å². The van der Waals surface area contributed by atoms with E-state index in [1.165, 1.54) is 9.87 Å². The quantitative estimate of drug-likeness (QED) is 0.635. The monoisotopic (exact) mass is 430 g/mol. The molecular weight excluding hydrogens is 398 g/mol. The maximum Gasteiger partial charge on any atom is 0.288 e. The Kier molecular flexibility index (Phi) is 7.26. The molecule has 30 heavy (non-hydrogen) atoms. The molecule has 3 rings (SSSR count). The molecule has 1 aromatic heterocycles. The number of piperazine rings is 1. The number of aryl methyl sites for hydroxylation is 1. The summed E-state index contributed by atoms with van der Waals surface area (Å²) in [5.74, 6) is 0.571. The van der Waals surface area contributed by atoms with Crippen LogP contribution in [0.15, 0.2) is 53.7 Å². The smallest absolute Gasteiger partial charge is 0.288 e. The van der Waals surface area contributed by atoms with Gasteiger partial charge >= 0.3 is 0 Å². The van der Waals surface area contributed by atoms with Gasteiger partial charge in [0.1, 0.15) is 0 Å². The lowest BCUT2D eigenvalue weighted by Gasteiger charge is -2.33. The fraction of sp³-hybridized carbons (Fsp3) is 0.478. The van der Waals surface area contributed by atoms with Gasteiger partial charge in [0.05, 0.1) is 4.90 Å². The van der Waals surface area contributed by atoms with Gasteiger partial charge in [-0.15, -0.1) is 0 Å². The number of hydrogen-bond donors (Lipinski definition) is 0. The largest absolute Gasteiger partial charge is 0.335 e. The van der Waals surface area contributed by atoms with E-state index in [1.54, 1.807) is 29.2 Å². The van der Waals surface area contributed by atoms with Crippen LogP contribution in [0.2, 0.25) is 0 Å². The number of aromatic nitrogens is 1. The summed E-state index contributed by atoms with van der Waals surface area (Å²) in [6, 6.07) is 11.1. The van der Waals surface area contributed by atoms with Crippen LogP contribution in [-0.2, 0) is 21.4 Å². The topological polar surface area (TPSA) is 61.6 Å². The molecule has 0 N–H and O–H groups in total. The highest BCUT2D eigenvalue weighted by Crippen LogP contribution is 2.21. The zero-order valence-electron chi connectivity index (χ0n) is 18.1. The third kappa shape index (κ3) is 5.08. The van der Waals surface area contributed by atoms with Crippen molar-refractivity contribution < 1.29 is 17.8 Å². The number of benzene rings is 1. The summed E-state index contributed by atoms with van der Waals surface area (Å²) in [5, 5.41) is 0. The number of rotatable bonds is 7. The molecule has 6 nitrogen and oxygen atoms in total. The van der Waals surface area contributed by atoms with Crippen molar-refractivity contribution in [3.63, 3.8) is 0 Å². The van der Waals surface area contributed by atoms with Crippen LogP contribution >= 0.6 is 0 Å². The lowest BCUT2D eigenvalue weighted by Crippen LogP contribution is -2.53. The minimum absolute atomic E-state index is 0.0164. The van der Waals surface area contributed by atoms with Gasteiger partial charge in [-0.3, -0.25) is 4.79 Å². The maximum absolute atomic E-state index is 12.8. The molecule has 1 aliphatic heterocycles. The van der Waals surface area contributed by atoms with Crippen LogP contribution in [0, 0.1) is 6.92 Å². The van der Waals surface area contributed by atoms with Crippen molar-refractivity contribution in [1.29, 1.82) is 0 Å². The van der Waals surface area contributed by atoms with E-state index in [-0.39, 0.29) is 12.5 Å². The summed E-state index contributed by atoms with van der Waals surface area (Å²) in [7, 11) is -3.51. The first-order chi connectivity index (χ1) is 14.3. The van der Waals surface area contributed by atoms with Crippen molar-refractivity contribution in [3.05, 3.63) is 59.9 Å². The SMILES string of the molecule is CCC(CC)c1cc[n+](CC(=O)N2CCN(S(=O)(=O)c3ccc(C)cc3)CC2)cc1. The van der Waals surface area contributed by atoms with Gasteiger partial charge in [0.15, 0.2) is 12.4 Å². The fourth-order valence-corrected chi connectivity index (χ4v) is 5.32. The molecule has 1 amide bonds. The lowest BCUT2D eigenvalue weighted by molar-refractivity contribution is -0.685. The number of hydrogen-bond acceptors (Lipinski definition) is 3. The summed E-state index contributed by atoms with van der Waals surface area (Å²) < 4.78 is 29.0. The van der Waals surface area contributed by atoms with Crippen molar-refractivity contribution in [1.82, 2.24) is 9.21 Å². The van der Waals surface area contributed by atoms with Gasteiger partial charge in [-0.25, -0.2) is 8.42 Å². The highest BCUT2D eigenvalue weighted by molar-refractivity contribution is 7.89. The van der Waals surface area contributed by atoms with E-state index in [4.69, 9.17) is 0 Å². The van der Waals surface area contributed by atoms with Crippen LogP contribution in [0.5, 0.6) is 0 Å². The molecule has 0 bridgehead atoms. The molecule has 1 saturated heterocycles. The Labute approximate surface area is 180 Å².